The van der Waals surface area contributed by atoms with Gasteiger partial charge in [0.2, 0.25) is 5.91 Å². The van der Waals surface area contributed by atoms with Crippen molar-refractivity contribution < 1.29 is 4.79 Å². The van der Waals surface area contributed by atoms with Gasteiger partial charge in [0.05, 0.1) is 6.04 Å². The van der Waals surface area contributed by atoms with E-state index in [-0.39, 0.29) is 17.9 Å². The maximum Gasteiger partial charge on any atom is 0.239 e. The first-order valence-electron chi connectivity index (χ1n) is 8.24. The number of carbonyl (C=O) groups is 1. The molecule has 2 rings (SSSR count). The first kappa shape index (κ1) is 17.0. The molecule has 0 bridgehead atoms. The van der Waals surface area contributed by atoms with E-state index in [0.717, 1.165) is 32.6 Å². The van der Waals surface area contributed by atoms with Crippen molar-refractivity contribution >= 4 is 5.91 Å². The van der Waals surface area contributed by atoms with Crippen LogP contribution in [0.1, 0.15) is 25.8 Å². The molecular formula is C18H29N3O. The molecule has 22 heavy (non-hydrogen) atoms. The van der Waals surface area contributed by atoms with E-state index in [1.165, 1.54) is 5.56 Å². The quantitative estimate of drug-likeness (QED) is 0.874. The summed E-state index contributed by atoms with van der Waals surface area (Å²) in [6.07, 6.45) is 1.08. The van der Waals surface area contributed by atoms with E-state index in [9.17, 15) is 4.79 Å². The number of hydrogen-bond donors (Lipinski definition) is 1. The molecule has 1 fully saturated rings. The highest BCUT2D eigenvalue weighted by atomic mass is 16.2. The summed E-state index contributed by atoms with van der Waals surface area (Å²) in [5.41, 5.74) is 7.32. The highest BCUT2D eigenvalue weighted by Gasteiger charge is 2.30. The zero-order valence-electron chi connectivity index (χ0n) is 14.0. The van der Waals surface area contributed by atoms with Crippen LogP contribution in [-0.2, 0) is 11.3 Å². The summed E-state index contributed by atoms with van der Waals surface area (Å²) in [5.74, 6) is 0.868. The van der Waals surface area contributed by atoms with Gasteiger partial charge in [-0.05, 0) is 30.9 Å². The zero-order valence-corrected chi connectivity index (χ0v) is 14.0. The number of likely N-dealkylation sites (tertiary alicyclic amines) is 1. The molecule has 4 heteroatoms. The molecule has 1 amide bonds. The molecular weight excluding hydrogens is 274 g/mol. The second-order valence-electron chi connectivity index (χ2n) is 6.89. The Balaban J connectivity index is 1.80. The van der Waals surface area contributed by atoms with Gasteiger partial charge < -0.3 is 15.5 Å². The van der Waals surface area contributed by atoms with E-state index in [1.54, 1.807) is 0 Å². The summed E-state index contributed by atoms with van der Waals surface area (Å²) in [7, 11) is 2.15. The molecule has 0 radical (unpaired) electrons. The molecule has 0 saturated carbocycles. The van der Waals surface area contributed by atoms with Gasteiger partial charge in [0, 0.05) is 26.2 Å². The Hall–Kier alpha value is -1.39. The van der Waals surface area contributed by atoms with Gasteiger partial charge in [-0.3, -0.25) is 4.79 Å². The van der Waals surface area contributed by atoms with Gasteiger partial charge in [-0.1, -0.05) is 44.2 Å². The molecule has 0 aliphatic carbocycles. The van der Waals surface area contributed by atoms with Gasteiger partial charge in [0.15, 0.2) is 0 Å². The minimum absolute atomic E-state index is 0.114. The van der Waals surface area contributed by atoms with Crippen molar-refractivity contribution in [3.05, 3.63) is 35.9 Å². The topological polar surface area (TPSA) is 49.6 Å². The number of benzene rings is 1. The summed E-state index contributed by atoms with van der Waals surface area (Å²) in [6, 6.07) is 10.1. The number of rotatable bonds is 6. The maximum atomic E-state index is 12.3. The first-order chi connectivity index (χ1) is 10.5. The van der Waals surface area contributed by atoms with Crippen molar-refractivity contribution in [3.63, 3.8) is 0 Å². The number of hydrogen-bond acceptors (Lipinski definition) is 3. The van der Waals surface area contributed by atoms with Crippen LogP contribution in [0.2, 0.25) is 0 Å². The average Bonchev–Trinajstić information content (AvgIpc) is 2.94. The van der Waals surface area contributed by atoms with Gasteiger partial charge in [0.1, 0.15) is 0 Å². The van der Waals surface area contributed by atoms with Crippen molar-refractivity contribution in [3.8, 4) is 0 Å². The minimum atomic E-state index is -0.360. The summed E-state index contributed by atoms with van der Waals surface area (Å²) >= 11 is 0. The Morgan fingerprint density at radius 2 is 2.05 bits per heavy atom. The molecule has 1 saturated heterocycles. The lowest BCUT2D eigenvalue weighted by atomic mass is 10.0. The van der Waals surface area contributed by atoms with E-state index < -0.39 is 0 Å². The molecule has 2 N–H and O–H groups in total. The van der Waals surface area contributed by atoms with Crippen LogP contribution < -0.4 is 5.73 Å². The molecule has 122 valence electrons. The molecule has 0 spiro atoms. The third-order valence-corrected chi connectivity index (χ3v) is 4.47. The number of carbonyl (C=O) groups excluding carboxylic acids is 1. The minimum Gasteiger partial charge on any atom is -0.341 e. The zero-order chi connectivity index (χ0) is 16.1. The Kier molecular flexibility index (Phi) is 5.98. The summed E-state index contributed by atoms with van der Waals surface area (Å²) in [4.78, 5) is 16.6. The van der Waals surface area contributed by atoms with Gasteiger partial charge in [-0.2, -0.15) is 0 Å². The second kappa shape index (κ2) is 7.75. The van der Waals surface area contributed by atoms with Crippen molar-refractivity contribution in [2.75, 3.05) is 26.7 Å². The molecule has 0 unspecified atom stereocenters. The third kappa shape index (κ3) is 4.55. The molecule has 1 aliphatic heterocycles. The van der Waals surface area contributed by atoms with Gasteiger partial charge in [0.25, 0.3) is 0 Å². The van der Waals surface area contributed by atoms with Crippen LogP contribution in [0.4, 0.5) is 0 Å². The Morgan fingerprint density at radius 1 is 1.36 bits per heavy atom. The SMILES string of the molecule is CC(C)[C@H](N)C(=O)N1CC[C@@H](CN(C)Cc2ccccc2)C1. The van der Waals surface area contributed by atoms with E-state index in [1.807, 2.05) is 24.8 Å². The summed E-state index contributed by atoms with van der Waals surface area (Å²) in [6.45, 7) is 7.68. The fraction of sp³-hybridized carbons (Fsp3) is 0.611. The van der Waals surface area contributed by atoms with Crippen LogP contribution >= 0.6 is 0 Å². The lowest BCUT2D eigenvalue weighted by Crippen LogP contribution is -2.45. The van der Waals surface area contributed by atoms with Crippen LogP contribution in [0.5, 0.6) is 0 Å². The van der Waals surface area contributed by atoms with Crippen LogP contribution in [0.15, 0.2) is 30.3 Å². The van der Waals surface area contributed by atoms with E-state index in [2.05, 4.69) is 36.2 Å². The Morgan fingerprint density at radius 3 is 2.68 bits per heavy atom. The third-order valence-electron chi connectivity index (χ3n) is 4.47. The van der Waals surface area contributed by atoms with Crippen molar-refractivity contribution in [1.82, 2.24) is 9.80 Å². The van der Waals surface area contributed by atoms with E-state index >= 15 is 0 Å². The summed E-state index contributed by atoms with van der Waals surface area (Å²) in [5, 5.41) is 0. The molecule has 1 aliphatic rings. The van der Waals surface area contributed by atoms with E-state index in [0.29, 0.717) is 5.92 Å². The highest BCUT2D eigenvalue weighted by molar-refractivity contribution is 5.82. The Bertz CT molecular complexity index is 474. The van der Waals surface area contributed by atoms with Gasteiger partial charge >= 0.3 is 0 Å². The van der Waals surface area contributed by atoms with Crippen LogP contribution in [0, 0.1) is 11.8 Å². The maximum absolute atomic E-state index is 12.3. The van der Waals surface area contributed by atoms with E-state index in [4.69, 9.17) is 5.73 Å². The molecule has 1 heterocycles. The standard InChI is InChI=1S/C18H29N3O/c1-14(2)17(19)18(22)21-10-9-16(13-21)12-20(3)11-15-7-5-4-6-8-15/h4-8,14,16-17H,9-13,19H2,1-3H3/t16-,17-/m0/s1. The number of nitrogens with zero attached hydrogens (tertiary/aromatic N) is 2. The second-order valence-corrected chi connectivity index (χ2v) is 6.89. The van der Waals surface area contributed by atoms with Gasteiger partial charge in [-0.25, -0.2) is 0 Å². The summed E-state index contributed by atoms with van der Waals surface area (Å²) < 4.78 is 0. The smallest absolute Gasteiger partial charge is 0.239 e. The Labute approximate surface area is 134 Å². The van der Waals surface area contributed by atoms with Crippen LogP contribution in [0.25, 0.3) is 0 Å². The van der Waals surface area contributed by atoms with Crippen LogP contribution in [0.3, 0.4) is 0 Å². The largest absolute Gasteiger partial charge is 0.341 e. The number of nitrogens with two attached hydrogens (primary N) is 1. The predicted octanol–water partition coefficient (Wildman–Crippen LogP) is 1.95. The molecule has 4 nitrogen and oxygen atoms in total. The fourth-order valence-electron chi connectivity index (χ4n) is 3.08. The van der Waals surface area contributed by atoms with Crippen molar-refractivity contribution in [2.24, 2.45) is 17.6 Å². The lowest BCUT2D eigenvalue weighted by Gasteiger charge is -2.24. The van der Waals surface area contributed by atoms with Crippen LogP contribution in [-0.4, -0.2) is 48.4 Å². The monoisotopic (exact) mass is 303 g/mol. The van der Waals surface area contributed by atoms with Crippen molar-refractivity contribution in [2.45, 2.75) is 32.9 Å². The average molecular weight is 303 g/mol. The van der Waals surface area contributed by atoms with Crippen molar-refractivity contribution in [1.29, 1.82) is 0 Å². The number of amides is 1. The predicted molar refractivity (Wildman–Crippen MR) is 90.3 cm³/mol. The molecule has 2 atom stereocenters. The molecule has 1 aromatic rings. The van der Waals surface area contributed by atoms with Gasteiger partial charge in [-0.15, -0.1) is 0 Å². The molecule has 0 aromatic heterocycles. The molecule has 1 aromatic carbocycles. The fourth-order valence-corrected chi connectivity index (χ4v) is 3.08. The normalized spacial score (nSPS) is 19.9. The lowest BCUT2D eigenvalue weighted by molar-refractivity contribution is -0.132. The first-order valence-corrected chi connectivity index (χ1v) is 8.24. The highest BCUT2D eigenvalue weighted by Crippen LogP contribution is 2.19.